The van der Waals surface area contributed by atoms with E-state index in [9.17, 15) is 9.59 Å². The molecule has 0 aliphatic rings. The number of amides is 2. The molecule has 27 heavy (non-hydrogen) atoms. The number of hydrogen-bond acceptors (Lipinski definition) is 3. The number of benzene rings is 2. The van der Waals surface area contributed by atoms with Crippen molar-refractivity contribution in [1.82, 2.24) is 10.2 Å². The van der Waals surface area contributed by atoms with Gasteiger partial charge >= 0.3 is 0 Å². The van der Waals surface area contributed by atoms with E-state index < -0.39 is 0 Å². The van der Waals surface area contributed by atoms with E-state index in [1.807, 2.05) is 48.5 Å². The number of nitrogens with one attached hydrogen (secondary N) is 1. The Morgan fingerprint density at radius 3 is 2.63 bits per heavy atom. The summed E-state index contributed by atoms with van der Waals surface area (Å²) in [6, 6.07) is 15.1. The molecule has 2 rings (SSSR count). The molecule has 0 saturated carbocycles. The highest BCUT2D eigenvalue weighted by Crippen LogP contribution is 2.19. The van der Waals surface area contributed by atoms with Crippen molar-refractivity contribution < 1.29 is 14.3 Å². The molecule has 2 amide bonds. The highest BCUT2D eigenvalue weighted by atomic mass is 35.5. The molecule has 144 valence electrons. The van der Waals surface area contributed by atoms with Gasteiger partial charge in [0.05, 0.1) is 7.11 Å². The van der Waals surface area contributed by atoms with Crippen molar-refractivity contribution in [2.75, 3.05) is 20.2 Å². The maximum absolute atomic E-state index is 12.1. The van der Waals surface area contributed by atoms with Crippen molar-refractivity contribution in [3.8, 4) is 5.75 Å². The lowest BCUT2D eigenvalue weighted by Gasteiger charge is -2.22. The second-order valence-corrected chi connectivity index (χ2v) is 6.67. The number of hydrogen-bond donors (Lipinski definition) is 1. The van der Waals surface area contributed by atoms with Crippen LogP contribution in [0.15, 0.2) is 48.5 Å². The van der Waals surface area contributed by atoms with Gasteiger partial charge in [0.25, 0.3) is 0 Å². The van der Waals surface area contributed by atoms with Crippen LogP contribution in [0.25, 0.3) is 0 Å². The normalized spacial score (nSPS) is 10.3. The molecule has 1 N–H and O–H groups in total. The summed E-state index contributed by atoms with van der Waals surface area (Å²) in [4.78, 5) is 25.7. The Labute approximate surface area is 165 Å². The summed E-state index contributed by atoms with van der Waals surface area (Å²) < 4.78 is 5.33. The molecule has 5 nitrogen and oxygen atoms in total. The molecule has 0 spiro atoms. The molecule has 0 saturated heterocycles. The summed E-state index contributed by atoms with van der Waals surface area (Å²) in [7, 11) is 1.60. The topological polar surface area (TPSA) is 58.6 Å². The zero-order chi connectivity index (χ0) is 19.6. The zero-order valence-corrected chi connectivity index (χ0v) is 16.5. The molecule has 0 aliphatic carbocycles. The van der Waals surface area contributed by atoms with E-state index >= 15 is 0 Å². The number of rotatable bonds is 9. The smallest absolute Gasteiger partial charge is 0.221 e. The maximum atomic E-state index is 12.1. The molecular weight excluding hydrogens is 364 g/mol. The fraction of sp³-hybridized carbons (Fsp3) is 0.333. The van der Waals surface area contributed by atoms with Gasteiger partial charge in [-0.3, -0.25) is 9.59 Å². The minimum atomic E-state index is -0.0803. The maximum Gasteiger partial charge on any atom is 0.221 e. The third-order valence-corrected chi connectivity index (χ3v) is 4.47. The fourth-order valence-electron chi connectivity index (χ4n) is 2.75. The summed E-state index contributed by atoms with van der Waals surface area (Å²) in [6.45, 7) is 2.81. The fourth-order valence-corrected chi connectivity index (χ4v) is 2.96. The summed E-state index contributed by atoms with van der Waals surface area (Å²) >= 11 is 5.95. The van der Waals surface area contributed by atoms with Gasteiger partial charge in [0.2, 0.25) is 11.8 Å². The molecular formula is C21H25ClN2O3. The standard InChI is InChI=1S/C21H25ClN2O3/c1-16(25)24(15-18-7-3-4-9-20(18)27-2)13-11-21(26)23-12-10-17-6-5-8-19(22)14-17/h3-9,14H,10-13,15H2,1-2H3,(H,23,26). The average Bonchev–Trinajstić information content (AvgIpc) is 2.65. The zero-order valence-electron chi connectivity index (χ0n) is 15.7. The molecule has 0 fully saturated rings. The number of nitrogens with zero attached hydrogens (tertiary/aromatic N) is 1. The van der Waals surface area contributed by atoms with Crippen LogP contribution >= 0.6 is 11.6 Å². The quantitative estimate of drug-likeness (QED) is 0.715. The lowest BCUT2D eigenvalue weighted by Crippen LogP contribution is -2.34. The third-order valence-electron chi connectivity index (χ3n) is 4.23. The lowest BCUT2D eigenvalue weighted by atomic mass is 10.1. The Kier molecular flexibility index (Phi) is 8.14. The van der Waals surface area contributed by atoms with Crippen molar-refractivity contribution in [2.45, 2.75) is 26.3 Å². The SMILES string of the molecule is COc1ccccc1CN(CCC(=O)NCCc1cccc(Cl)c1)C(C)=O. The van der Waals surface area contributed by atoms with Gasteiger partial charge in [-0.1, -0.05) is 41.9 Å². The van der Waals surface area contributed by atoms with Crippen LogP contribution in [0.4, 0.5) is 0 Å². The monoisotopic (exact) mass is 388 g/mol. The largest absolute Gasteiger partial charge is 0.496 e. The lowest BCUT2D eigenvalue weighted by molar-refractivity contribution is -0.130. The van der Waals surface area contributed by atoms with E-state index in [0.717, 1.165) is 16.9 Å². The third kappa shape index (κ3) is 6.94. The predicted molar refractivity (Wildman–Crippen MR) is 107 cm³/mol. The average molecular weight is 389 g/mol. The first-order valence-corrected chi connectivity index (χ1v) is 9.26. The highest BCUT2D eigenvalue weighted by Gasteiger charge is 2.14. The number of ether oxygens (including phenoxy) is 1. The Balaban J connectivity index is 1.81. The molecule has 6 heteroatoms. The first kappa shape index (κ1) is 20.8. The van der Waals surface area contributed by atoms with E-state index in [0.29, 0.717) is 31.1 Å². The van der Waals surface area contributed by atoms with Crippen LogP contribution in [-0.2, 0) is 22.6 Å². The van der Waals surface area contributed by atoms with Crippen LogP contribution in [0.2, 0.25) is 5.02 Å². The number of methoxy groups -OCH3 is 1. The van der Waals surface area contributed by atoms with Crippen molar-refractivity contribution in [3.63, 3.8) is 0 Å². The Bertz CT molecular complexity index is 780. The first-order valence-electron chi connectivity index (χ1n) is 8.88. The second kappa shape index (κ2) is 10.6. The Morgan fingerprint density at radius 2 is 1.93 bits per heavy atom. The van der Waals surface area contributed by atoms with Gasteiger partial charge in [0.15, 0.2) is 0 Å². The first-order chi connectivity index (χ1) is 13.0. The minimum absolute atomic E-state index is 0.0763. The van der Waals surface area contributed by atoms with E-state index in [-0.39, 0.29) is 18.2 Å². The number of carbonyl (C=O) groups is 2. The van der Waals surface area contributed by atoms with Gasteiger partial charge in [-0.15, -0.1) is 0 Å². The van der Waals surface area contributed by atoms with E-state index in [4.69, 9.17) is 16.3 Å². The van der Waals surface area contributed by atoms with Gasteiger partial charge in [-0.2, -0.15) is 0 Å². The summed E-state index contributed by atoms with van der Waals surface area (Å²) in [5.74, 6) is 0.575. The number of halogens is 1. The Hall–Kier alpha value is -2.53. The summed E-state index contributed by atoms with van der Waals surface area (Å²) in [5.41, 5.74) is 1.99. The molecule has 0 aromatic heterocycles. The number of para-hydroxylation sites is 1. The van der Waals surface area contributed by atoms with Crippen LogP contribution in [0.5, 0.6) is 5.75 Å². The van der Waals surface area contributed by atoms with Crippen LogP contribution in [0.3, 0.4) is 0 Å². The van der Waals surface area contributed by atoms with E-state index in [2.05, 4.69) is 5.32 Å². The van der Waals surface area contributed by atoms with Crippen molar-refractivity contribution >= 4 is 23.4 Å². The van der Waals surface area contributed by atoms with Gasteiger partial charge in [0.1, 0.15) is 5.75 Å². The van der Waals surface area contributed by atoms with Gasteiger partial charge in [0, 0.05) is 43.6 Å². The van der Waals surface area contributed by atoms with Gasteiger partial charge in [-0.25, -0.2) is 0 Å². The van der Waals surface area contributed by atoms with Gasteiger partial charge < -0.3 is 15.0 Å². The van der Waals surface area contributed by atoms with Crippen molar-refractivity contribution in [1.29, 1.82) is 0 Å². The number of carbonyl (C=O) groups excluding carboxylic acids is 2. The molecule has 2 aromatic rings. The summed E-state index contributed by atoms with van der Waals surface area (Å²) in [6.07, 6.45) is 0.966. The van der Waals surface area contributed by atoms with Crippen LogP contribution in [-0.4, -0.2) is 36.9 Å². The molecule has 0 bridgehead atoms. The van der Waals surface area contributed by atoms with E-state index in [1.165, 1.54) is 6.92 Å². The highest BCUT2D eigenvalue weighted by molar-refractivity contribution is 6.30. The molecule has 0 aliphatic heterocycles. The molecule has 2 aromatic carbocycles. The molecule has 0 unspecified atom stereocenters. The van der Waals surface area contributed by atoms with Gasteiger partial charge in [-0.05, 0) is 30.2 Å². The van der Waals surface area contributed by atoms with Crippen molar-refractivity contribution in [3.05, 3.63) is 64.7 Å². The van der Waals surface area contributed by atoms with Crippen LogP contribution in [0, 0.1) is 0 Å². The molecule has 0 radical (unpaired) electrons. The molecule has 0 heterocycles. The van der Waals surface area contributed by atoms with Crippen LogP contribution in [0.1, 0.15) is 24.5 Å². The predicted octanol–water partition coefficient (Wildman–Crippen LogP) is 3.45. The Morgan fingerprint density at radius 1 is 1.15 bits per heavy atom. The molecule has 0 atom stereocenters. The van der Waals surface area contributed by atoms with Crippen molar-refractivity contribution in [2.24, 2.45) is 0 Å². The minimum Gasteiger partial charge on any atom is -0.496 e. The van der Waals surface area contributed by atoms with E-state index in [1.54, 1.807) is 12.0 Å². The van der Waals surface area contributed by atoms with Crippen LogP contribution < -0.4 is 10.1 Å². The second-order valence-electron chi connectivity index (χ2n) is 6.23. The summed E-state index contributed by atoms with van der Waals surface area (Å²) in [5, 5.41) is 3.57.